The van der Waals surface area contributed by atoms with Crippen LogP contribution in [0.25, 0.3) is 5.69 Å². The number of hydrogen-bond donors (Lipinski definition) is 0. The van der Waals surface area contributed by atoms with Crippen LogP contribution in [-0.2, 0) is 6.54 Å². The standard InChI is InChI=1S/C21H23N3O2/c1-15-9-10-20(26-4)19(13-15)24-12-11-18(22-24)21(25)23(3)14-17-8-6-5-7-16(17)2/h5-13H,14H2,1-4H3. The van der Waals surface area contributed by atoms with Crippen molar-refractivity contribution in [3.05, 3.63) is 77.1 Å². The third-order valence-corrected chi connectivity index (χ3v) is 4.40. The molecule has 1 aromatic heterocycles. The van der Waals surface area contributed by atoms with E-state index in [2.05, 4.69) is 5.10 Å². The van der Waals surface area contributed by atoms with E-state index in [0.717, 1.165) is 16.8 Å². The highest BCUT2D eigenvalue weighted by atomic mass is 16.5. The Hall–Kier alpha value is -3.08. The van der Waals surface area contributed by atoms with Crippen LogP contribution in [0.1, 0.15) is 27.2 Å². The maximum atomic E-state index is 12.7. The van der Waals surface area contributed by atoms with Crippen molar-refractivity contribution in [2.24, 2.45) is 0 Å². The lowest BCUT2D eigenvalue weighted by molar-refractivity contribution is 0.0778. The molecule has 0 spiro atoms. The monoisotopic (exact) mass is 349 g/mol. The van der Waals surface area contributed by atoms with Crippen LogP contribution in [0.2, 0.25) is 0 Å². The fourth-order valence-electron chi connectivity index (χ4n) is 2.86. The van der Waals surface area contributed by atoms with Gasteiger partial charge in [-0.05, 0) is 48.7 Å². The summed E-state index contributed by atoms with van der Waals surface area (Å²) in [5.74, 6) is 0.601. The summed E-state index contributed by atoms with van der Waals surface area (Å²) >= 11 is 0. The summed E-state index contributed by atoms with van der Waals surface area (Å²) < 4.78 is 7.09. The maximum Gasteiger partial charge on any atom is 0.274 e. The second-order valence-corrected chi connectivity index (χ2v) is 6.41. The third kappa shape index (κ3) is 3.61. The number of rotatable bonds is 5. The summed E-state index contributed by atoms with van der Waals surface area (Å²) in [6, 6.07) is 15.7. The molecule has 5 heteroatoms. The van der Waals surface area contributed by atoms with E-state index in [4.69, 9.17) is 4.74 Å². The molecule has 134 valence electrons. The zero-order valence-corrected chi connectivity index (χ0v) is 15.6. The molecular formula is C21H23N3O2. The van der Waals surface area contributed by atoms with Gasteiger partial charge < -0.3 is 9.64 Å². The van der Waals surface area contributed by atoms with Crippen LogP contribution >= 0.6 is 0 Å². The highest BCUT2D eigenvalue weighted by molar-refractivity contribution is 5.92. The van der Waals surface area contributed by atoms with E-state index >= 15 is 0 Å². The van der Waals surface area contributed by atoms with Gasteiger partial charge in [-0.1, -0.05) is 30.3 Å². The van der Waals surface area contributed by atoms with Crippen molar-refractivity contribution in [1.29, 1.82) is 0 Å². The van der Waals surface area contributed by atoms with Gasteiger partial charge in [-0.25, -0.2) is 4.68 Å². The van der Waals surface area contributed by atoms with Crippen LogP contribution in [-0.4, -0.2) is 34.7 Å². The molecule has 0 aliphatic heterocycles. The van der Waals surface area contributed by atoms with Gasteiger partial charge in [-0.3, -0.25) is 4.79 Å². The maximum absolute atomic E-state index is 12.7. The zero-order chi connectivity index (χ0) is 18.7. The summed E-state index contributed by atoms with van der Waals surface area (Å²) in [7, 11) is 3.42. The Morgan fingerprint density at radius 2 is 1.92 bits per heavy atom. The smallest absolute Gasteiger partial charge is 0.274 e. The second-order valence-electron chi connectivity index (χ2n) is 6.41. The van der Waals surface area contributed by atoms with Crippen LogP contribution in [0.3, 0.4) is 0 Å². The number of methoxy groups -OCH3 is 1. The topological polar surface area (TPSA) is 47.4 Å². The van der Waals surface area contributed by atoms with E-state index in [1.807, 2.05) is 56.3 Å². The van der Waals surface area contributed by atoms with E-state index in [-0.39, 0.29) is 5.91 Å². The molecule has 26 heavy (non-hydrogen) atoms. The van der Waals surface area contributed by atoms with Crippen molar-refractivity contribution in [3.8, 4) is 11.4 Å². The first-order valence-corrected chi connectivity index (χ1v) is 8.50. The van der Waals surface area contributed by atoms with E-state index < -0.39 is 0 Å². The molecule has 1 heterocycles. The first-order valence-electron chi connectivity index (χ1n) is 8.50. The normalized spacial score (nSPS) is 10.6. The number of benzene rings is 2. The molecule has 3 aromatic rings. The van der Waals surface area contributed by atoms with Crippen molar-refractivity contribution in [2.75, 3.05) is 14.2 Å². The fourth-order valence-corrected chi connectivity index (χ4v) is 2.86. The van der Waals surface area contributed by atoms with Gasteiger partial charge in [0.2, 0.25) is 0 Å². The molecule has 5 nitrogen and oxygen atoms in total. The molecule has 2 aromatic carbocycles. The number of nitrogens with zero attached hydrogens (tertiary/aromatic N) is 3. The summed E-state index contributed by atoms with van der Waals surface area (Å²) in [4.78, 5) is 14.4. The van der Waals surface area contributed by atoms with Gasteiger partial charge >= 0.3 is 0 Å². The predicted octanol–water partition coefficient (Wildman–Crippen LogP) is 3.77. The lowest BCUT2D eigenvalue weighted by atomic mass is 10.1. The summed E-state index contributed by atoms with van der Waals surface area (Å²) in [6.45, 7) is 4.60. The van der Waals surface area contributed by atoms with Gasteiger partial charge in [0.15, 0.2) is 5.69 Å². The fraction of sp³-hybridized carbons (Fsp3) is 0.238. The van der Waals surface area contributed by atoms with Gasteiger partial charge in [0.25, 0.3) is 5.91 Å². The molecule has 0 aliphatic rings. The Bertz CT molecular complexity index is 931. The van der Waals surface area contributed by atoms with Gasteiger partial charge in [-0.15, -0.1) is 0 Å². The van der Waals surface area contributed by atoms with Crippen molar-refractivity contribution >= 4 is 5.91 Å². The van der Waals surface area contributed by atoms with Crippen LogP contribution < -0.4 is 4.74 Å². The average Bonchev–Trinajstić information content (AvgIpc) is 3.12. The summed E-state index contributed by atoms with van der Waals surface area (Å²) in [5.41, 5.74) is 4.61. The predicted molar refractivity (Wildman–Crippen MR) is 102 cm³/mol. The van der Waals surface area contributed by atoms with Gasteiger partial charge in [0.05, 0.1) is 7.11 Å². The molecule has 0 bridgehead atoms. The minimum absolute atomic E-state index is 0.112. The zero-order valence-electron chi connectivity index (χ0n) is 15.6. The molecule has 3 rings (SSSR count). The Labute approximate surface area is 153 Å². The average molecular weight is 349 g/mol. The number of carbonyl (C=O) groups excluding carboxylic acids is 1. The number of ether oxygens (including phenoxy) is 1. The molecule has 0 fully saturated rings. The molecule has 0 atom stereocenters. The SMILES string of the molecule is COc1ccc(C)cc1-n1ccc(C(=O)N(C)Cc2ccccc2C)n1. The molecule has 0 unspecified atom stereocenters. The first-order chi connectivity index (χ1) is 12.5. The number of aromatic nitrogens is 2. The highest BCUT2D eigenvalue weighted by Gasteiger charge is 2.17. The van der Waals surface area contributed by atoms with Crippen molar-refractivity contribution in [3.63, 3.8) is 0 Å². The number of aryl methyl sites for hydroxylation is 2. The summed E-state index contributed by atoms with van der Waals surface area (Å²) in [6.07, 6.45) is 1.78. The first kappa shape index (κ1) is 17.7. The summed E-state index contributed by atoms with van der Waals surface area (Å²) in [5, 5.41) is 4.46. The number of hydrogen-bond acceptors (Lipinski definition) is 3. The molecule has 0 radical (unpaired) electrons. The van der Waals surface area contributed by atoms with Crippen LogP contribution in [0, 0.1) is 13.8 Å². The Morgan fingerprint density at radius 3 is 2.65 bits per heavy atom. The molecule has 0 N–H and O–H groups in total. The molecule has 1 amide bonds. The molecule has 0 aliphatic carbocycles. The van der Waals surface area contributed by atoms with Crippen molar-refractivity contribution < 1.29 is 9.53 Å². The van der Waals surface area contributed by atoms with Gasteiger partial charge in [-0.2, -0.15) is 5.10 Å². The lowest BCUT2D eigenvalue weighted by Crippen LogP contribution is -2.27. The van der Waals surface area contributed by atoms with E-state index in [0.29, 0.717) is 18.0 Å². The third-order valence-electron chi connectivity index (χ3n) is 4.40. The van der Waals surface area contributed by atoms with Crippen LogP contribution in [0.15, 0.2) is 54.7 Å². The molecule has 0 saturated carbocycles. The van der Waals surface area contributed by atoms with Gasteiger partial charge in [0, 0.05) is 19.8 Å². The number of amides is 1. The van der Waals surface area contributed by atoms with E-state index in [9.17, 15) is 4.79 Å². The quantitative estimate of drug-likeness (QED) is 0.704. The highest BCUT2D eigenvalue weighted by Crippen LogP contribution is 2.23. The molecule has 0 saturated heterocycles. The Kier molecular flexibility index (Phi) is 5.07. The van der Waals surface area contributed by atoms with Crippen molar-refractivity contribution in [2.45, 2.75) is 20.4 Å². The largest absolute Gasteiger partial charge is 0.494 e. The van der Waals surface area contributed by atoms with E-state index in [1.165, 1.54) is 5.56 Å². The second kappa shape index (κ2) is 7.44. The minimum atomic E-state index is -0.112. The van der Waals surface area contributed by atoms with Gasteiger partial charge in [0.1, 0.15) is 11.4 Å². The Morgan fingerprint density at radius 1 is 1.15 bits per heavy atom. The van der Waals surface area contributed by atoms with Crippen LogP contribution in [0.4, 0.5) is 0 Å². The minimum Gasteiger partial charge on any atom is -0.494 e. The number of carbonyl (C=O) groups is 1. The van der Waals surface area contributed by atoms with E-state index in [1.54, 1.807) is 36.0 Å². The molecular weight excluding hydrogens is 326 g/mol. The Balaban J connectivity index is 1.82. The lowest BCUT2D eigenvalue weighted by Gasteiger charge is -2.17. The van der Waals surface area contributed by atoms with Crippen molar-refractivity contribution in [1.82, 2.24) is 14.7 Å². The van der Waals surface area contributed by atoms with Crippen LogP contribution in [0.5, 0.6) is 5.75 Å².